The molecule has 1 unspecified atom stereocenters. The smallest absolute Gasteiger partial charge is 0.371 e. The number of nitrogens with one attached hydrogen (secondary N) is 1. The summed E-state index contributed by atoms with van der Waals surface area (Å²) in [6, 6.07) is 7.32. The summed E-state index contributed by atoms with van der Waals surface area (Å²) in [7, 11) is 0. The Morgan fingerprint density at radius 3 is 3.05 bits per heavy atom. The van der Waals surface area contributed by atoms with Gasteiger partial charge < -0.3 is 19.6 Å². The Hall–Kier alpha value is -1.85. The first-order valence-corrected chi connectivity index (χ1v) is 7.26. The van der Waals surface area contributed by atoms with Gasteiger partial charge in [0.1, 0.15) is 5.58 Å². The number of aromatic carboxylic acids is 1. The molecule has 0 spiro atoms. The summed E-state index contributed by atoms with van der Waals surface area (Å²) >= 11 is 0. The molecule has 0 saturated carbocycles. The van der Waals surface area contributed by atoms with E-state index in [0.29, 0.717) is 11.5 Å². The second kappa shape index (κ2) is 6.28. The highest BCUT2D eigenvalue weighted by molar-refractivity contribution is 5.91. The fourth-order valence-corrected chi connectivity index (χ4v) is 2.70. The average Bonchev–Trinajstić information content (AvgIpc) is 2.92. The van der Waals surface area contributed by atoms with Crippen molar-refractivity contribution in [2.75, 3.05) is 19.8 Å². The third-order valence-corrected chi connectivity index (χ3v) is 3.81. The Morgan fingerprint density at radius 1 is 1.38 bits per heavy atom. The monoisotopic (exact) mass is 289 g/mol. The van der Waals surface area contributed by atoms with Crippen LogP contribution in [0.4, 0.5) is 0 Å². The third-order valence-electron chi connectivity index (χ3n) is 3.81. The molecule has 5 heteroatoms. The van der Waals surface area contributed by atoms with E-state index in [4.69, 9.17) is 14.3 Å². The van der Waals surface area contributed by atoms with Gasteiger partial charge in [-0.15, -0.1) is 0 Å². The molecule has 112 valence electrons. The van der Waals surface area contributed by atoms with Gasteiger partial charge in [-0.3, -0.25) is 0 Å². The highest BCUT2D eigenvalue weighted by Gasteiger charge is 2.13. The zero-order valence-electron chi connectivity index (χ0n) is 11.8. The number of hydrogen-bond donors (Lipinski definition) is 2. The number of ether oxygens (including phenoxy) is 1. The molecule has 2 aromatic rings. The van der Waals surface area contributed by atoms with Gasteiger partial charge in [0.15, 0.2) is 0 Å². The van der Waals surface area contributed by atoms with E-state index in [0.717, 1.165) is 43.7 Å². The van der Waals surface area contributed by atoms with E-state index >= 15 is 0 Å². The van der Waals surface area contributed by atoms with Gasteiger partial charge in [-0.05, 0) is 42.5 Å². The van der Waals surface area contributed by atoms with Crippen molar-refractivity contribution in [3.63, 3.8) is 0 Å². The number of fused-ring (bicyclic) bond motifs is 1. The summed E-state index contributed by atoms with van der Waals surface area (Å²) in [4.78, 5) is 10.9. The number of carboxylic acids is 1. The molecule has 2 heterocycles. The Morgan fingerprint density at radius 2 is 2.29 bits per heavy atom. The minimum Gasteiger partial charge on any atom is -0.475 e. The summed E-state index contributed by atoms with van der Waals surface area (Å²) in [5.74, 6) is -0.465. The number of benzene rings is 1. The minimum atomic E-state index is -1.04. The highest BCUT2D eigenvalue weighted by Crippen LogP contribution is 2.21. The van der Waals surface area contributed by atoms with E-state index in [-0.39, 0.29) is 5.76 Å². The molecule has 3 rings (SSSR count). The van der Waals surface area contributed by atoms with E-state index < -0.39 is 5.97 Å². The second-order valence-electron chi connectivity index (χ2n) is 5.50. The van der Waals surface area contributed by atoms with E-state index in [2.05, 4.69) is 5.32 Å². The largest absolute Gasteiger partial charge is 0.475 e. The summed E-state index contributed by atoms with van der Waals surface area (Å²) in [6.07, 6.45) is 2.36. The van der Waals surface area contributed by atoms with Gasteiger partial charge >= 0.3 is 5.97 Å². The fraction of sp³-hybridized carbons (Fsp3) is 0.438. The molecule has 1 saturated heterocycles. The number of rotatable bonds is 5. The first-order chi connectivity index (χ1) is 10.2. The SMILES string of the molecule is O=C(O)c1cc2cc(CNCC3CCCOC3)ccc2o1. The lowest BCUT2D eigenvalue weighted by molar-refractivity contribution is 0.0547. The quantitative estimate of drug-likeness (QED) is 0.885. The standard InChI is InChI=1S/C16H19NO4/c18-16(19)15-7-13-6-11(3-4-14(13)21-15)8-17-9-12-2-1-5-20-10-12/h3-4,6-7,12,17H,1-2,5,8-10H2,(H,18,19). The summed E-state index contributed by atoms with van der Waals surface area (Å²) < 4.78 is 10.7. The lowest BCUT2D eigenvalue weighted by Gasteiger charge is -2.22. The molecule has 2 N–H and O–H groups in total. The molecule has 1 aromatic heterocycles. The Labute approximate surface area is 122 Å². The maximum absolute atomic E-state index is 10.9. The fourth-order valence-electron chi connectivity index (χ4n) is 2.70. The molecular weight excluding hydrogens is 270 g/mol. The number of carboxylic acid groups (broad SMARTS) is 1. The van der Waals surface area contributed by atoms with Gasteiger partial charge in [0.25, 0.3) is 0 Å². The molecule has 0 bridgehead atoms. The van der Waals surface area contributed by atoms with Crippen molar-refractivity contribution in [1.82, 2.24) is 5.32 Å². The minimum absolute atomic E-state index is 0.0190. The van der Waals surface area contributed by atoms with Crippen LogP contribution in [0.2, 0.25) is 0 Å². The summed E-state index contributed by atoms with van der Waals surface area (Å²) in [5, 5.41) is 13.2. The highest BCUT2D eigenvalue weighted by atomic mass is 16.5. The van der Waals surface area contributed by atoms with E-state index in [1.54, 1.807) is 6.07 Å². The lowest BCUT2D eigenvalue weighted by Crippen LogP contribution is -2.28. The molecule has 21 heavy (non-hydrogen) atoms. The Kier molecular flexibility index (Phi) is 4.22. The van der Waals surface area contributed by atoms with Crippen LogP contribution in [0.1, 0.15) is 29.0 Å². The lowest BCUT2D eigenvalue weighted by atomic mass is 10.0. The molecule has 1 aromatic carbocycles. The van der Waals surface area contributed by atoms with Gasteiger partial charge in [-0.25, -0.2) is 4.79 Å². The number of hydrogen-bond acceptors (Lipinski definition) is 4. The van der Waals surface area contributed by atoms with E-state index in [9.17, 15) is 4.79 Å². The predicted molar refractivity (Wildman–Crippen MR) is 78.4 cm³/mol. The van der Waals surface area contributed by atoms with Crippen molar-refractivity contribution in [3.05, 3.63) is 35.6 Å². The van der Waals surface area contributed by atoms with Crippen LogP contribution in [0.25, 0.3) is 11.0 Å². The van der Waals surface area contributed by atoms with Crippen molar-refractivity contribution in [2.45, 2.75) is 19.4 Å². The van der Waals surface area contributed by atoms with Crippen molar-refractivity contribution in [2.24, 2.45) is 5.92 Å². The van der Waals surface area contributed by atoms with Crippen LogP contribution in [-0.2, 0) is 11.3 Å². The first kappa shape index (κ1) is 14.1. The zero-order valence-corrected chi connectivity index (χ0v) is 11.8. The molecule has 1 aliphatic rings. The maximum atomic E-state index is 10.9. The normalized spacial score (nSPS) is 19.0. The van der Waals surface area contributed by atoms with Crippen molar-refractivity contribution in [3.8, 4) is 0 Å². The second-order valence-corrected chi connectivity index (χ2v) is 5.50. The number of carbonyl (C=O) groups is 1. The molecule has 0 radical (unpaired) electrons. The van der Waals surface area contributed by atoms with E-state index in [1.807, 2.05) is 18.2 Å². The molecule has 0 amide bonds. The van der Waals surface area contributed by atoms with Crippen LogP contribution in [0.3, 0.4) is 0 Å². The maximum Gasteiger partial charge on any atom is 0.371 e. The molecule has 1 aliphatic heterocycles. The van der Waals surface area contributed by atoms with Crippen LogP contribution in [0.5, 0.6) is 0 Å². The van der Waals surface area contributed by atoms with Gasteiger partial charge in [0.05, 0.1) is 6.61 Å². The Bertz CT molecular complexity index is 628. The van der Waals surface area contributed by atoms with E-state index in [1.165, 1.54) is 6.42 Å². The van der Waals surface area contributed by atoms with Gasteiger partial charge in [-0.1, -0.05) is 6.07 Å². The first-order valence-electron chi connectivity index (χ1n) is 7.26. The summed E-state index contributed by atoms with van der Waals surface area (Å²) in [6.45, 7) is 3.44. The third kappa shape index (κ3) is 3.43. The molecule has 1 fully saturated rings. The van der Waals surface area contributed by atoms with Crippen molar-refractivity contribution >= 4 is 16.9 Å². The Balaban J connectivity index is 1.60. The van der Waals surface area contributed by atoms with Crippen molar-refractivity contribution < 1.29 is 19.1 Å². The van der Waals surface area contributed by atoms with Gasteiger partial charge in [-0.2, -0.15) is 0 Å². The van der Waals surface area contributed by atoms with Crippen LogP contribution in [-0.4, -0.2) is 30.8 Å². The van der Waals surface area contributed by atoms with Crippen LogP contribution in [0, 0.1) is 5.92 Å². The van der Waals surface area contributed by atoms with Crippen LogP contribution in [0.15, 0.2) is 28.7 Å². The average molecular weight is 289 g/mol. The van der Waals surface area contributed by atoms with Gasteiger partial charge in [0.2, 0.25) is 5.76 Å². The predicted octanol–water partition coefficient (Wildman–Crippen LogP) is 2.65. The molecule has 5 nitrogen and oxygen atoms in total. The van der Waals surface area contributed by atoms with Crippen LogP contribution < -0.4 is 5.32 Å². The zero-order chi connectivity index (χ0) is 14.7. The van der Waals surface area contributed by atoms with Crippen molar-refractivity contribution in [1.29, 1.82) is 0 Å². The molecule has 1 atom stereocenters. The topological polar surface area (TPSA) is 71.7 Å². The van der Waals surface area contributed by atoms with Gasteiger partial charge in [0, 0.05) is 25.1 Å². The molecule has 0 aliphatic carbocycles. The van der Waals surface area contributed by atoms with Crippen LogP contribution >= 0.6 is 0 Å². The number of furan rings is 1. The summed E-state index contributed by atoms with van der Waals surface area (Å²) in [5.41, 5.74) is 1.73. The molecular formula is C16H19NO4.